The summed E-state index contributed by atoms with van der Waals surface area (Å²) < 4.78 is 0. The predicted octanol–water partition coefficient (Wildman–Crippen LogP) is 1.13. The van der Waals surface area contributed by atoms with Crippen molar-refractivity contribution in [3.8, 4) is 0 Å². The molecule has 1 aromatic heterocycles. The van der Waals surface area contributed by atoms with Gasteiger partial charge in [-0.15, -0.1) is 0 Å². The Bertz CT molecular complexity index is 336. The molecule has 1 aromatic rings. The number of rotatable bonds is 5. The van der Waals surface area contributed by atoms with Crippen LogP contribution in [0.3, 0.4) is 0 Å². The highest BCUT2D eigenvalue weighted by atomic mass is 15.1. The van der Waals surface area contributed by atoms with Crippen molar-refractivity contribution in [2.75, 3.05) is 20.6 Å². The van der Waals surface area contributed by atoms with Gasteiger partial charge >= 0.3 is 0 Å². The second-order valence-electron chi connectivity index (χ2n) is 4.64. The molecule has 16 heavy (non-hydrogen) atoms. The van der Waals surface area contributed by atoms with E-state index in [-0.39, 0.29) is 0 Å². The van der Waals surface area contributed by atoms with Crippen molar-refractivity contribution in [1.82, 2.24) is 20.4 Å². The number of aromatic nitrogens is 2. The maximum Gasteiger partial charge on any atom is 0.0645 e. The highest BCUT2D eigenvalue weighted by molar-refractivity contribution is 5.19. The van der Waals surface area contributed by atoms with Crippen LogP contribution in [0, 0.1) is 13.8 Å². The zero-order chi connectivity index (χ0) is 12.1. The van der Waals surface area contributed by atoms with E-state index in [0.29, 0.717) is 6.04 Å². The molecule has 0 aliphatic carbocycles. The summed E-state index contributed by atoms with van der Waals surface area (Å²) >= 11 is 0. The van der Waals surface area contributed by atoms with Gasteiger partial charge in [-0.2, -0.15) is 10.2 Å². The molecule has 1 unspecified atom stereocenters. The van der Waals surface area contributed by atoms with Crippen LogP contribution in [0.1, 0.15) is 23.9 Å². The quantitative estimate of drug-likeness (QED) is 0.811. The average molecular weight is 222 g/mol. The summed E-state index contributed by atoms with van der Waals surface area (Å²) in [6.45, 7) is 8.06. The van der Waals surface area contributed by atoms with E-state index in [0.717, 1.165) is 24.5 Å². The van der Waals surface area contributed by atoms with Crippen LogP contribution in [0.15, 0.2) is 6.07 Å². The van der Waals surface area contributed by atoms with Crippen molar-refractivity contribution in [3.05, 3.63) is 23.0 Å². The Labute approximate surface area is 98.1 Å². The van der Waals surface area contributed by atoms with Crippen LogP contribution in [0.2, 0.25) is 0 Å². The van der Waals surface area contributed by atoms with Crippen molar-refractivity contribution in [3.63, 3.8) is 0 Å². The number of hydrogen-bond donors (Lipinski definition) is 1. The van der Waals surface area contributed by atoms with Crippen molar-refractivity contribution in [2.45, 2.75) is 33.4 Å². The first-order valence-electron chi connectivity index (χ1n) is 5.67. The van der Waals surface area contributed by atoms with Gasteiger partial charge in [-0.25, -0.2) is 0 Å². The molecule has 1 rings (SSSR count). The van der Waals surface area contributed by atoms with Crippen LogP contribution in [-0.2, 0) is 6.54 Å². The summed E-state index contributed by atoms with van der Waals surface area (Å²) in [7, 11) is 4.17. The fraction of sp³-hybridized carbons (Fsp3) is 0.667. The molecule has 0 fully saturated rings. The molecule has 0 bridgehead atoms. The van der Waals surface area contributed by atoms with Gasteiger partial charge in [-0.05, 0) is 46.5 Å². The number of nitrogens with zero attached hydrogens (tertiary/aromatic N) is 3. The molecule has 4 heteroatoms. The lowest BCUT2D eigenvalue weighted by molar-refractivity contribution is 0.349. The first-order chi connectivity index (χ1) is 7.49. The third-order valence-corrected chi connectivity index (χ3v) is 2.49. The second-order valence-corrected chi connectivity index (χ2v) is 4.64. The fourth-order valence-corrected chi connectivity index (χ4v) is 1.68. The van der Waals surface area contributed by atoms with E-state index >= 15 is 0 Å². The lowest BCUT2D eigenvalue weighted by Gasteiger charge is -2.18. The molecule has 0 aliphatic rings. The normalized spacial score (nSPS) is 13.1. The Hall–Kier alpha value is -1.00. The van der Waals surface area contributed by atoms with Crippen molar-refractivity contribution in [1.29, 1.82) is 0 Å². The average Bonchev–Trinajstić information content (AvgIpc) is 2.18. The second kappa shape index (κ2) is 5.92. The van der Waals surface area contributed by atoms with E-state index in [1.807, 2.05) is 13.8 Å². The Kier molecular flexibility index (Phi) is 4.83. The first-order valence-corrected chi connectivity index (χ1v) is 5.67. The van der Waals surface area contributed by atoms with Crippen molar-refractivity contribution >= 4 is 0 Å². The van der Waals surface area contributed by atoms with Crippen LogP contribution >= 0.6 is 0 Å². The molecule has 0 radical (unpaired) electrons. The molecule has 0 saturated carbocycles. The highest BCUT2D eigenvalue weighted by Crippen LogP contribution is 2.05. The van der Waals surface area contributed by atoms with E-state index in [2.05, 4.69) is 47.5 Å². The van der Waals surface area contributed by atoms with Crippen LogP contribution in [0.25, 0.3) is 0 Å². The van der Waals surface area contributed by atoms with Gasteiger partial charge in [0.25, 0.3) is 0 Å². The fourth-order valence-electron chi connectivity index (χ4n) is 1.68. The Morgan fingerprint density at radius 1 is 1.31 bits per heavy atom. The standard InChI is InChI=1S/C12H22N4/c1-9-6-12(11(3)15-14-9)7-13-10(2)8-16(4)5/h6,10,13H,7-8H2,1-5H3. The van der Waals surface area contributed by atoms with E-state index in [9.17, 15) is 0 Å². The molecule has 4 nitrogen and oxygen atoms in total. The molecule has 0 saturated heterocycles. The largest absolute Gasteiger partial charge is 0.309 e. The molecule has 0 aliphatic heterocycles. The maximum absolute atomic E-state index is 4.12. The SMILES string of the molecule is Cc1cc(CNC(C)CN(C)C)c(C)nn1. The van der Waals surface area contributed by atoms with Gasteiger partial charge in [0.2, 0.25) is 0 Å². The molecule has 0 aromatic carbocycles. The molecule has 1 heterocycles. The van der Waals surface area contributed by atoms with Gasteiger partial charge in [0.1, 0.15) is 0 Å². The summed E-state index contributed by atoms with van der Waals surface area (Å²) in [6, 6.07) is 2.57. The minimum atomic E-state index is 0.475. The lowest BCUT2D eigenvalue weighted by atomic mass is 10.2. The summed E-state index contributed by atoms with van der Waals surface area (Å²) in [4.78, 5) is 2.18. The van der Waals surface area contributed by atoms with E-state index in [4.69, 9.17) is 0 Å². The third-order valence-electron chi connectivity index (χ3n) is 2.49. The molecule has 0 amide bonds. The molecular weight excluding hydrogens is 200 g/mol. The smallest absolute Gasteiger partial charge is 0.0645 e. The monoisotopic (exact) mass is 222 g/mol. The van der Waals surface area contributed by atoms with Crippen LogP contribution in [0.5, 0.6) is 0 Å². The van der Waals surface area contributed by atoms with Crippen molar-refractivity contribution in [2.24, 2.45) is 0 Å². The molecular formula is C12H22N4. The Morgan fingerprint density at radius 3 is 2.62 bits per heavy atom. The Balaban J connectivity index is 2.51. The lowest BCUT2D eigenvalue weighted by Crippen LogP contribution is -2.35. The van der Waals surface area contributed by atoms with E-state index in [1.165, 1.54) is 5.56 Å². The highest BCUT2D eigenvalue weighted by Gasteiger charge is 2.05. The minimum absolute atomic E-state index is 0.475. The van der Waals surface area contributed by atoms with Crippen LogP contribution in [0.4, 0.5) is 0 Å². The number of likely N-dealkylation sites (N-methyl/N-ethyl adjacent to an activating group) is 1. The summed E-state index contributed by atoms with van der Waals surface area (Å²) in [6.07, 6.45) is 0. The number of hydrogen-bond acceptors (Lipinski definition) is 4. The van der Waals surface area contributed by atoms with Gasteiger partial charge < -0.3 is 10.2 Å². The zero-order valence-electron chi connectivity index (χ0n) is 10.9. The van der Waals surface area contributed by atoms with Crippen molar-refractivity contribution < 1.29 is 0 Å². The van der Waals surface area contributed by atoms with Gasteiger partial charge in [0.05, 0.1) is 11.4 Å². The topological polar surface area (TPSA) is 41.0 Å². The zero-order valence-corrected chi connectivity index (χ0v) is 10.9. The molecule has 90 valence electrons. The van der Waals surface area contributed by atoms with Gasteiger partial charge in [-0.3, -0.25) is 0 Å². The predicted molar refractivity (Wildman–Crippen MR) is 66.4 cm³/mol. The van der Waals surface area contributed by atoms with Gasteiger partial charge in [0, 0.05) is 19.1 Å². The van der Waals surface area contributed by atoms with E-state index < -0.39 is 0 Å². The number of aryl methyl sites for hydroxylation is 2. The van der Waals surface area contributed by atoms with Gasteiger partial charge in [0.15, 0.2) is 0 Å². The summed E-state index contributed by atoms with van der Waals surface area (Å²) in [5.41, 5.74) is 3.22. The van der Waals surface area contributed by atoms with Crippen LogP contribution < -0.4 is 5.32 Å². The van der Waals surface area contributed by atoms with Crippen LogP contribution in [-0.4, -0.2) is 41.8 Å². The van der Waals surface area contributed by atoms with Gasteiger partial charge in [-0.1, -0.05) is 0 Å². The number of nitrogens with one attached hydrogen (secondary N) is 1. The maximum atomic E-state index is 4.12. The summed E-state index contributed by atoms with van der Waals surface area (Å²) in [5.74, 6) is 0. The molecule has 1 atom stereocenters. The minimum Gasteiger partial charge on any atom is -0.309 e. The first kappa shape index (κ1) is 13.1. The summed E-state index contributed by atoms with van der Waals surface area (Å²) in [5, 5.41) is 11.6. The Morgan fingerprint density at radius 2 is 2.00 bits per heavy atom. The molecule has 0 spiro atoms. The third kappa shape index (κ3) is 4.24. The molecule has 1 N–H and O–H groups in total. The van der Waals surface area contributed by atoms with E-state index in [1.54, 1.807) is 0 Å².